The standard InChI is InChI=1S/C13H18FNO2/c1-9(16)10-2-3-13(12(14)8-10)15-6-4-11(17)5-7-15/h2-3,8-9,11,16-17H,4-7H2,1H3. The van der Waals surface area contributed by atoms with Gasteiger partial charge >= 0.3 is 0 Å². The predicted molar refractivity (Wildman–Crippen MR) is 64.5 cm³/mol. The lowest BCUT2D eigenvalue weighted by molar-refractivity contribution is 0.145. The summed E-state index contributed by atoms with van der Waals surface area (Å²) in [7, 11) is 0. The van der Waals surface area contributed by atoms with Crippen molar-refractivity contribution in [3.05, 3.63) is 29.6 Å². The van der Waals surface area contributed by atoms with Gasteiger partial charge in [0.1, 0.15) is 5.82 Å². The Morgan fingerprint density at radius 2 is 2.00 bits per heavy atom. The lowest BCUT2D eigenvalue weighted by atomic mass is 10.1. The molecule has 2 N–H and O–H groups in total. The van der Waals surface area contributed by atoms with Crippen LogP contribution in [-0.2, 0) is 0 Å². The van der Waals surface area contributed by atoms with E-state index in [9.17, 15) is 14.6 Å². The Hall–Kier alpha value is -1.13. The number of aliphatic hydroxyl groups is 2. The van der Waals surface area contributed by atoms with Crippen molar-refractivity contribution in [1.29, 1.82) is 0 Å². The number of aliphatic hydroxyl groups excluding tert-OH is 2. The molecule has 3 nitrogen and oxygen atoms in total. The molecule has 17 heavy (non-hydrogen) atoms. The van der Waals surface area contributed by atoms with Crippen LogP contribution in [0.4, 0.5) is 10.1 Å². The Morgan fingerprint density at radius 1 is 1.35 bits per heavy atom. The molecule has 0 aliphatic carbocycles. The van der Waals surface area contributed by atoms with Crippen molar-refractivity contribution in [1.82, 2.24) is 0 Å². The highest BCUT2D eigenvalue weighted by atomic mass is 19.1. The van der Waals surface area contributed by atoms with Gasteiger partial charge in [-0.3, -0.25) is 0 Å². The average Bonchev–Trinajstić information content (AvgIpc) is 2.30. The van der Waals surface area contributed by atoms with E-state index in [4.69, 9.17) is 0 Å². The second-order valence-corrected chi connectivity index (χ2v) is 4.61. The largest absolute Gasteiger partial charge is 0.393 e. The quantitative estimate of drug-likeness (QED) is 0.827. The molecule has 1 atom stereocenters. The van der Waals surface area contributed by atoms with Crippen LogP contribution in [0.15, 0.2) is 18.2 Å². The first-order valence-corrected chi connectivity index (χ1v) is 5.98. The van der Waals surface area contributed by atoms with Crippen LogP contribution in [0.25, 0.3) is 0 Å². The molecule has 1 aliphatic heterocycles. The summed E-state index contributed by atoms with van der Waals surface area (Å²) < 4.78 is 13.9. The summed E-state index contributed by atoms with van der Waals surface area (Å²) in [5.74, 6) is -0.306. The van der Waals surface area contributed by atoms with Gasteiger partial charge in [-0.25, -0.2) is 4.39 Å². The van der Waals surface area contributed by atoms with E-state index in [0.29, 0.717) is 37.2 Å². The van der Waals surface area contributed by atoms with E-state index < -0.39 is 6.10 Å². The van der Waals surface area contributed by atoms with E-state index in [-0.39, 0.29) is 11.9 Å². The fraction of sp³-hybridized carbons (Fsp3) is 0.538. The highest BCUT2D eigenvalue weighted by Gasteiger charge is 2.19. The number of anilines is 1. The Balaban J connectivity index is 2.16. The van der Waals surface area contributed by atoms with Gasteiger partial charge in [-0.2, -0.15) is 0 Å². The van der Waals surface area contributed by atoms with Gasteiger partial charge in [0.2, 0.25) is 0 Å². The third-order valence-corrected chi connectivity index (χ3v) is 3.26. The summed E-state index contributed by atoms with van der Waals surface area (Å²) in [6, 6.07) is 4.83. The fourth-order valence-electron chi connectivity index (χ4n) is 2.15. The first-order valence-electron chi connectivity index (χ1n) is 5.98. The second-order valence-electron chi connectivity index (χ2n) is 4.61. The average molecular weight is 239 g/mol. The van der Waals surface area contributed by atoms with Gasteiger partial charge in [0, 0.05) is 13.1 Å². The van der Waals surface area contributed by atoms with Crippen molar-refractivity contribution in [2.45, 2.75) is 32.0 Å². The highest BCUT2D eigenvalue weighted by molar-refractivity contribution is 5.49. The van der Waals surface area contributed by atoms with Crippen molar-refractivity contribution >= 4 is 5.69 Å². The third-order valence-electron chi connectivity index (χ3n) is 3.26. The molecule has 1 aromatic rings. The van der Waals surface area contributed by atoms with E-state index in [2.05, 4.69) is 0 Å². The van der Waals surface area contributed by atoms with Gasteiger partial charge in [-0.1, -0.05) is 6.07 Å². The zero-order valence-electron chi connectivity index (χ0n) is 9.93. The Morgan fingerprint density at radius 3 is 2.53 bits per heavy atom. The molecule has 1 aliphatic rings. The predicted octanol–water partition coefficient (Wildman–Crippen LogP) is 1.84. The molecule has 94 valence electrons. The van der Waals surface area contributed by atoms with Crippen molar-refractivity contribution in [2.75, 3.05) is 18.0 Å². The van der Waals surface area contributed by atoms with Gasteiger partial charge in [0.25, 0.3) is 0 Å². The molecule has 1 heterocycles. The van der Waals surface area contributed by atoms with Crippen LogP contribution in [0.2, 0.25) is 0 Å². The van der Waals surface area contributed by atoms with E-state index in [1.54, 1.807) is 19.1 Å². The molecule has 1 aromatic carbocycles. The zero-order valence-corrected chi connectivity index (χ0v) is 9.93. The molecule has 2 rings (SSSR count). The Labute approximate surface area is 100 Å². The summed E-state index contributed by atoms with van der Waals surface area (Å²) in [4.78, 5) is 1.94. The highest BCUT2D eigenvalue weighted by Crippen LogP contribution is 2.26. The van der Waals surface area contributed by atoms with E-state index >= 15 is 0 Å². The van der Waals surface area contributed by atoms with Crippen LogP contribution in [0.1, 0.15) is 31.4 Å². The SMILES string of the molecule is CC(O)c1ccc(N2CCC(O)CC2)c(F)c1. The molecule has 1 saturated heterocycles. The normalized spacial score (nSPS) is 19.4. The van der Waals surface area contributed by atoms with Crippen LogP contribution >= 0.6 is 0 Å². The summed E-state index contributed by atoms with van der Waals surface area (Å²) in [6.45, 7) is 2.96. The molecule has 0 amide bonds. The van der Waals surface area contributed by atoms with Crippen LogP contribution in [0, 0.1) is 5.82 Å². The summed E-state index contributed by atoms with van der Waals surface area (Å²) in [5.41, 5.74) is 1.14. The van der Waals surface area contributed by atoms with Crippen LogP contribution < -0.4 is 4.90 Å². The Bertz CT molecular complexity index is 387. The summed E-state index contributed by atoms with van der Waals surface area (Å²) in [5, 5.41) is 18.8. The van der Waals surface area contributed by atoms with Crippen molar-refractivity contribution in [3.8, 4) is 0 Å². The lowest BCUT2D eigenvalue weighted by Gasteiger charge is -2.31. The summed E-state index contributed by atoms with van der Waals surface area (Å²) in [6.07, 6.45) is 0.447. The van der Waals surface area contributed by atoms with Crippen LogP contribution in [0.3, 0.4) is 0 Å². The number of hydrogen-bond donors (Lipinski definition) is 2. The number of halogens is 1. The Kier molecular flexibility index (Phi) is 3.64. The van der Waals surface area contributed by atoms with Gasteiger partial charge in [-0.15, -0.1) is 0 Å². The number of rotatable bonds is 2. The molecule has 0 aromatic heterocycles. The molecule has 4 heteroatoms. The lowest BCUT2D eigenvalue weighted by Crippen LogP contribution is -2.36. The van der Waals surface area contributed by atoms with E-state index in [1.165, 1.54) is 6.07 Å². The van der Waals surface area contributed by atoms with Crippen molar-refractivity contribution < 1.29 is 14.6 Å². The minimum Gasteiger partial charge on any atom is -0.393 e. The number of nitrogens with zero attached hydrogens (tertiary/aromatic N) is 1. The second kappa shape index (κ2) is 5.02. The third kappa shape index (κ3) is 2.76. The van der Waals surface area contributed by atoms with Crippen LogP contribution in [0.5, 0.6) is 0 Å². The molecule has 0 saturated carbocycles. The maximum Gasteiger partial charge on any atom is 0.146 e. The molecule has 1 fully saturated rings. The van der Waals surface area contributed by atoms with E-state index in [0.717, 1.165) is 0 Å². The first-order chi connectivity index (χ1) is 8.08. The number of piperidine rings is 1. The van der Waals surface area contributed by atoms with Crippen molar-refractivity contribution in [2.24, 2.45) is 0 Å². The van der Waals surface area contributed by atoms with Crippen LogP contribution in [-0.4, -0.2) is 29.4 Å². The maximum absolute atomic E-state index is 13.9. The van der Waals surface area contributed by atoms with Crippen molar-refractivity contribution in [3.63, 3.8) is 0 Å². The zero-order chi connectivity index (χ0) is 12.4. The fourth-order valence-corrected chi connectivity index (χ4v) is 2.15. The maximum atomic E-state index is 13.9. The molecular formula is C13H18FNO2. The van der Waals surface area contributed by atoms with E-state index in [1.807, 2.05) is 4.90 Å². The van der Waals surface area contributed by atoms with Gasteiger partial charge in [0.05, 0.1) is 17.9 Å². The molecule has 1 unspecified atom stereocenters. The number of hydrogen-bond acceptors (Lipinski definition) is 3. The van der Waals surface area contributed by atoms with Gasteiger partial charge in [-0.05, 0) is 37.5 Å². The molecular weight excluding hydrogens is 221 g/mol. The monoisotopic (exact) mass is 239 g/mol. The minimum atomic E-state index is -0.651. The summed E-state index contributed by atoms with van der Waals surface area (Å²) >= 11 is 0. The topological polar surface area (TPSA) is 43.7 Å². The molecule has 0 spiro atoms. The number of benzene rings is 1. The minimum absolute atomic E-state index is 0.258. The molecule has 0 radical (unpaired) electrons. The smallest absolute Gasteiger partial charge is 0.146 e. The van der Waals surface area contributed by atoms with Gasteiger partial charge < -0.3 is 15.1 Å². The van der Waals surface area contributed by atoms with Gasteiger partial charge in [0.15, 0.2) is 0 Å². The molecule has 0 bridgehead atoms. The first kappa shape index (κ1) is 12.3.